The molecule has 2 aromatic rings. The number of benzene rings is 1. The highest BCUT2D eigenvalue weighted by molar-refractivity contribution is 5.86. The van der Waals surface area contributed by atoms with E-state index in [-0.39, 0.29) is 11.9 Å². The Morgan fingerprint density at radius 2 is 1.91 bits per heavy atom. The van der Waals surface area contributed by atoms with Gasteiger partial charge in [0, 0.05) is 17.8 Å². The van der Waals surface area contributed by atoms with Crippen LogP contribution in [0.15, 0.2) is 36.5 Å². The van der Waals surface area contributed by atoms with Crippen molar-refractivity contribution in [1.82, 2.24) is 20.0 Å². The van der Waals surface area contributed by atoms with Crippen LogP contribution in [0.5, 0.6) is 0 Å². The van der Waals surface area contributed by atoms with E-state index >= 15 is 0 Å². The van der Waals surface area contributed by atoms with Gasteiger partial charge in [-0.1, -0.05) is 30.3 Å². The van der Waals surface area contributed by atoms with Crippen LogP contribution in [0.4, 0.5) is 4.79 Å². The molecule has 172 valence electrons. The van der Waals surface area contributed by atoms with E-state index in [0.29, 0.717) is 13.0 Å². The first-order valence-electron chi connectivity index (χ1n) is 11.7. The van der Waals surface area contributed by atoms with Gasteiger partial charge in [-0.2, -0.15) is 5.10 Å². The van der Waals surface area contributed by atoms with Gasteiger partial charge in [0.2, 0.25) is 5.91 Å². The molecule has 0 radical (unpaired) electrons. The predicted octanol–water partition coefficient (Wildman–Crippen LogP) is 4.21. The minimum atomic E-state index is -0.582. The zero-order valence-electron chi connectivity index (χ0n) is 19.3. The Kier molecular flexibility index (Phi) is 6.53. The summed E-state index contributed by atoms with van der Waals surface area (Å²) in [6, 6.07) is 9.74. The van der Waals surface area contributed by atoms with Gasteiger partial charge in [-0.3, -0.25) is 14.4 Å². The number of aromatic nitrogens is 2. The summed E-state index contributed by atoms with van der Waals surface area (Å²) < 4.78 is 7.61. The fourth-order valence-electron chi connectivity index (χ4n) is 4.67. The van der Waals surface area contributed by atoms with Crippen molar-refractivity contribution in [2.24, 2.45) is 0 Å². The molecule has 0 saturated carbocycles. The van der Waals surface area contributed by atoms with E-state index in [9.17, 15) is 9.59 Å². The number of fused-ring (bicyclic) bond motifs is 1. The third kappa shape index (κ3) is 5.14. The van der Waals surface area contributed by atoms with Crippen LogP contribution in [0.3, 0.4) is 0 Å². The van der Waals surface area contributed by atoms with Gasteiger partial charge in [-0.05, 0) is 64.9 Å². The van der Waals surface area contributed by atoms with E-state index < -0.39 is 17.7 Å². The summed E-state index contributed by atoms with van der Waals surface area (Å²) in [7, 11) is 0. The summed E-state index contributed by atoms with van der Waals surface area (Å²) in [5.74, 6) is -0.0933. The molecule has 32 heavy (non-hydrogen) atoms. The molecule has 1 aromatic carbocycles. The largest absolute Gasteiger partial charge is 0.444 e. The first-order chi connectivity index (χ1) is 15.3. The van der Waals surface area contributed by atoms with Crippen LogP contribution in [-0.4, -0.2) is 44.9 Å². The fourth-order valence-corrected chi connectivity index (χ4v) is 4.67. The molecule has 2 heterocycles. The number of carbonyl (C=O) groups excluding carboxylic acids is 2. The average molecular weight is 439 g/mol. The molecule has 1 aliphatic carbocycles. The summed E-state index contributed by atoms with van der Waals surface area (Å²) in [6.45, 7) is 6.82. The second-order valence-electron chi connectivity index (χ2n) is 9.83. The molecule has 2 amide bonds. The highest BCUT2D eigenvalue weighted by Gasteiger charge is 2.36. The third-order valence-corrected chi connectivity index (χ3v) is 6.19. The Bertz CT molecular complexity index is 948. The molecule has 4 rings (SSSR count). The lowest BCUT2D eigenvalue weighted by Gasteiger charge is -2.36. The van der Waals surface area contributed by atoms with Crippen molar-refractivity contribution >= 4 is 12.0 Å². The quantitative estimate of drug-likeness (QED) is 0.776. The summed E-state index contributed by atoms with van der Waals surface area (Å²) in [5.41, 5.74) is 2.92. The molecule has 7 nitrogen and oxygen atoms in total. The lowest BCUT2D eigenvalue weighted by molar-refractivity contribution is -0.128. The molecule has 1 saturated heterocycles. The van der Waals surface area contributed by atoms with E-state index in [1.54, 1.807) is 4.90 Å². The number of nitrogens with one attached hydrogen (secondary N) is 1. The van der Waals surface area contributed by atoms with Crippen molar-refractivity contribution in [2.75, 3.05) is 6.54 Å². The molecular formula is C25H34N4O3. The molecule has 1 N–H and O–H groups in total. The van der Waals surface area contributed by atoms with E-state index in [1.807, 2.05) is 45.2 Å². The topological polar surface area (TPSA) is 76.5 Å². The number of ether oxygens (including phenoxy) is 1. The van der Waals surface area contributed by atoms with Gasteiger partial charge in [0.1, 0.15) is 11.6 Å². The number of rotatable bonds is 4. The van der Waals surface area contributed by atoms with Crippen LogP contribution < -0.4 is 5.32 Å². The number of amides is 2. The molecule has 1 aromatic heterocycles. The molecular weight excluding hydrogens is 404 g/mol. The zero-order valence-corrected chi connectivity index (χ0v) is 19.3. The van der Waals surface area contributed by atoms with Gasteiger partial charge in [-0.25, -0.2) is 4.79 Å². The molecule has 7 heteroatoms. The number of likely N-dealkylation sites (tertiary alicyclic amines) is 1. The molecule has 0 spiro atoms. The van der Waals surface area contributed by atoms with Gasteiger partial charge in [-0.15, -0.1) is 0 Å². The van der Waals surface area contributed by atoms with Crippen molar-refractivity contribution in [1.29, 1.82) is 0 Å². The van der Waals surface area contributed by atoms with Gasteiger partial charge in [0.05, 0.1) is 18.8 Å². The number of piperidine rings is 1. The normalized spacial score (nSPS) is 21.0. The van der Waals surface area contributed by atoms with Gasteiger partial charge >= 0.3 is 6.09 Å². The first-order valence-corrected chi connectivity index (χ1v) is 11.7. The molecule has 2 atom stereocenters. The summed E-state index contributed by atoms with van der Waals surface area (Å²) >= 11 is 0. The summed E-state index contributed by atoms with van der Waals surface area (Å²) in [6.07, 6.45) is 6.82. The fraction of sp³-hybridized carbons (Fsp3) is 0.560. The second-order valence-corrected chi connectivity index (χ2v) is 9.83. The Hall–Kier alpha value is -2.83. The highest BCUT2D eigenvalue weighted by atomic mass is 16.6. The standard InChI is InChI=1S/C25H34N4O3/c1-25(2,3)32-24(31)28-15-8-7-13-22(28)23(30)27-20-12-9-14-21-19(20)16-26-29(21)17-18-10-5-4-6-11-18/h4-6,10-11,16,20,22H,7-9,12-15,17H2,1-3H3,(H,27,30). The highest BCUT2D eigenvalue weighted by Crippen LogP contribution is 2.31. The maximum atomic E-state index is 13.3. The van der Waals surface area contributed by atoms with Crippen molar-refractivity contribution in [3.05, 3.63) is 53.3 Å². The molecule has 1 aliphatic heterocycles. The third-order valence-electron chi connectivity index (χ3n) is 6.19. The van der Waals surface area contributed by atoms with Crippen LogP contribution >= 0.6 is 0 Å². The lowest BCUT2D eigenvalue weighted by Crippen LogP contribution is -2.53. The first kappa shape index (κ1) is 22.4. The van der Waals surface area contributed by atoms with E-state index in [4.69, 9.17) is 4.74 Å². The van der Waals surface area contributed by atoms with Crippen LogP contribution in [0.25, 0.3) is 0 Å². The SMILES string of the molecule is CC(C)(C)OC(=O)N1CCCCC1C(=O)NC1CCCc2c1cnn2Cc1ccccc1. The minimum absolute atomic E-state index is 0.0711. The monoisotopic (exact) mass is 438 g/mol. The lowest BCUT2D eigenvalue weighted by atomic mass is 9.92. The maximum absolute atomic E-state index is 13.3. The Morgan fingerprint density at radius 3 is 2.66 bits per heavy atom. The van der Waals surface area contributed by atoms with Gasteiger partial charge < -0.3 is 10.1 Å². The van der Waals surface area contributed by atoms with E-state index in [2.05, 4.69) is 27.2 Å². The Morgan fingerprint density at radius 1 is 1.12 bits per heavy atom. The smallest absolute Gasteiger partial charge is 0.410 e. The zero-order chi connectivity index (χ0) is 22.7. The van der Waals surface area contributed by atoms with Crippen LogP contribution in [0.1, 0.15) is 75.7 Å². The van der Waals surface area contributed by atoms with Crippen molar-refractivity contribution < 1.29 is 14.3 Å². The molecule has 2 aliphatic rings. The van der Waals surface area contributed by atoms with Crippen LogP contribution in [0.2, 0.25) is 0 Å². The Balaban J connectivity index is 1.46. The van der Waals surface area contributed by atoms with Crippen molar-refractivity contribution in [3.63, 3.8) is 0 Å². The van der Waals surface area contributed by atoms with Crippen molar-refractivity contribution in [3.8, 4) is 0 Å². The predicted molar refractivity (Wildman–Crippen MR) is 122 cm³/mol. The van der Waals surface area contributed by atoms with E-state index in [1.165, 1.54) is 11.3 Å². The van der Waals surface area contributed by atoms with Crippen LogP contribution in [-0.2, 0) is 22.5 Å². The number of hydrogen-bond donors (Lipinski definition) is 1. The number of carbonyl (C=O) groups is 2. The van der Waals surface area contributed by atoms with Gasteiger partial charge in [0.15, 0.2) is 0 Å². The molecule has 2 unspecified atom stereocenters. The summed E-state index contributed by atoms with van der Waals surface area (Å²) in [5, 5.41) is 7.86. The second kappa shape index (κ2) is 9.35. The molecule has 1 fully saturated rings. The number of nitrogens with zero attached hydrogens (tertiary/aromatic N) is 3. The van der Waals surface area contributed by atoms with Crippen LogP contribution in [0, 0.1) is 0 Å². The minimum Gasteiger partial charge on any atom is -0.444 e. The Labute approximate surface area is 190 Å². The maximum Gasteiger partial charge on any atom is 0.410 e. The van der Waals surface area contributed by atoms with Gasteiger partial charge in [0.25, 0.3) is 0 Å². The average Bonchev–Trinajstić information content (AvgIpc) is 3.17. The molecule has 0 bridgehead atoms. The van der Waals surface area contributed by atoms with Crippen molar-refractivity contribution in [2.45, 2.75) is 83.5 Å². The summed E-state index contributed by atoms with van der Waals surface area (Å²) in [4.78, 5) is 27.6. The van der Waals surface area contributed by atoms with E-state index in [0.717, 1.165) is 44.2 Å². The number of hydrogen-bond acceptors (Lipinski definition) is 4.